The molecule has 0 rings (SSSR count). The van der Waals surface area contributed by atoms with Crippen LogP contribution in [0.3, 0.4) is 0 Å². The molecule has 0 aliphatic heterocycles. The average Bonchev–Trinajstić information content (AvgIpc) is 1.81. The first-order valence-corrected chi connectivity index (χ1v) is 8.18. The van der Waals surface area contributed by atoms with Crippen molar-refractivity contribution in [1.82, 2.24) is 0 Å². The van der Waals surface area contributed by atoms with Gasteiger partial charge in [-0.25, -0.2) is 0 Å². The second-order valence-electron chi connectivity index (χ2n) is 3.73. The van der Waals surface area contributed by atoms with E-state index in [1.807, 2.05) is 0 Å². The summed E-state index contributed by atoms with van der Waals surface area (Å²) in [5.41, 5.74) is 0. The van der Waals surface area contributed by atoms with E-state index in [0.717, 1.165) is 6.42 Å². The van der Waals surface area contributed by atoms with Crippen molar-refractivity contribution in [3.63, 3.8) is 0 Å². The van der Waals surface area contributed by atoms with Gasteiger partial charge in [-0.15, -0.1) is 6.42 Å². The monoisotopic (exact) mass is 218 g/mol. The first-order chi connectivity index (χ1) is 4.45. The lowest BCUT2D eigenvalue weighted by atomic mass is 10.3. The minimum Gasteiger partial charge on any atom is -0.119 e. The van der Waals surface area contributed by atoms with Gasteiger partial charge in [-0.3, -0.25) is 0 Å². The summed E-state index contributed by atoms with van der Waals surface area (Å²) in [4.78, 5) is 0.291. The van der Waals surface area contributed by atoms with Crippen molar-refractivity contribution in [1.29, 1.82) is 0 Å². The van der Waals surface area contributed by atoms with Crippen molar-refractivity contribution in [2.75, 3.05) is 0 Å². The molecule has 0 spiro atoms. The standard InChI is InChI=1S/C8H15BrSi/c1-5-8(9)6-7-10(2,3)4/h1,8H,6-7H2,2-4H3. The predicted octanol–water partition coefficient (Wildman–Crippen LogP) is 3.11. The van der Waals surface area contributed by atoms with E-state index < -0.39 is 8.07 Å². The molecule has 0 N–H and O–H groups in total. The Morgan fingerprint density at radius 2 is 2.00 bits per heavy atom. The summed E-state index contributed by atoms with van der Waals surface area (Å²) in [6.07, 6.45) is 6.35. The molecule has 1 unspecified atom stereocenters. The molecule has 2 heteroatoms. The largest absolute Gasteiger partial charge is 0.119 e. The van der Waals surface area contributed by atoms with Crippen molar-refractivity contribution in [2.45, 2.75) is 36.9 Å². The highest BCUT2D eigenvalue weighted by Gasteiger charge is 2.13. The van der Waals surface area contributed by atoms with Crippen LogP contribution in [-0.2, 0) is 0 Å². The fourth-order valence-electron chi connectivity index (χ4n) is 0.643. The number of alkyl halides is 1. The van der Waals surface area contributed by atoms with Crippen LogP contribution in [0.4, 0.5) is 0 Å². The molecule has 0 nitrogen and oxygen atoms in total. The second-order valence-corrected chi connectivity index (χ2v) is 10.5. The lowest BCUT2D eigenvalue weighted by molar-refractivity contribution is 0.985. The molecule has 1 atom stereocenters. The van der Waals surface area contributed by atoms with Gasteiger partial charge in [0, 0.05) is 8.07 Å². The van der Waals surface area contributed by atoms with Crippen LogP contribution in [0.1, 0.15) is 6.42 Å². The Balaban J connectivity index is 3.48. The highest BCUT2D eigenvalue weighted by Crippen LogP contribution is 2.16. The molecule has 0 aromatic rings. The molecule has 0 saturated carbocycles. The third-order valence-electron chi connectivity index (χ3n) is 1.33. The Morgan fingerprint density at radius 3 is 2.30 bits per heavy atom. The predicted molar refractivity (Wildman–Crippen MR) is 54.3 cm³/mol. The number of hydrogen-bond donors (Lipinski definition) is 0. The quantitative estimate of drug-likeness (QED) is 0.388. The van der Waals surface area contributed by atoms with Gasteiger partial charge in [0.15, 0.2) is 0 Å². The van der Waals surface area contributed by atoms with Gasteiger partial charge in [-0.2, -0.15) is 0 Å². The molecule has 0 aliphatic rings. The van der Waals surface area contributed by atoms with E-state index in [0.29, 0.717) is 4.83 Å². The lowest BCUT2D eigenvalue weighted by Gasteiger charge is -2.15. The third-order valence-corrected chi connectivity index (χ3v) is 3.84. The van der Waals surface area contributed by atoms with Crippen LogP contribution in [0.2, 0.25) is 25.7 Å². The molecular formula is C8H15BrSi. The van der Waals surface area contributed by atoms with Crippen molar-refractivity contribution in [2.24, 2.45) is 0 Å². The third kappa shape index (κ3) is 6.38. The minimum absolute atomic E-state index is 0.291. The molecule has 0 radical (unpaired) electrons. The van der Waals surface area contributed by atoms with Crippen LogP contribution in [0.25, 0.3) is 0 Å². The zero-order chi connectivity index (χ0) is 8.20. The molecule has 0 aliphatic carbocycles. The van der Waals surface area contributed by atoms with Crippen LogP contribution in [0.5, 0.6) is 0 Å². The summed E-state index contributed by atoms with van der Waals surface area (Å²) in [5, 5.41) is 0. The second kappa shape index (κ2) is 4.20. The molecule has 0 fully saturated rings. The van der Waals surface area contributed by atoms with Crippen LogP contribution >= 0.6 is 15.9 Å². The number of halogens is 1. The Kier molecular flexibility index (Phi) is 4.31. The SMILES string of the molecule is C#CC(Br)CC[Si](C)(C)C. The van der Waals surface area contributed by atoms with Crippen LogP contribution in [0, 0.1) is 12.3 Å². The van der Waals surface area contributed by atoms with E-state index in [2.05, 4.69) is 41.5 Å². The lowest BCUT2D eigenvalue weighted by Crippen LogP contribution is -2.20. The molecule has 0 saturated heterocycles. The van der Waals surface area contributed by atoms with Crippen molar-refractivity contribution in [3.05, 3.63) is 0 Å². The Labute approximate surface area is 73.5 Å². The summed E-state index contributed by atoms with van der Waals surface area (Å²) in [6, 6.07) is 1.31. The number of hydrogen-bond acceptors (Lipinski definition) is 0. The molecule has 10 heavy (non-hydrogen) atoms. The zero-order valence-corrected chi connectivity index (χ0v) is 9.53. The fourth-order valence-corrected chi connectivity index (χ4v) is 2.45. The van der Waals surface area contributed by atoms with Gasteiger partial charge in [0.25, 0.3) is 0 Å². The van der Waals surface area contributed by atoms with Crippen molar-refractivity contribution >= 4 is 24.0 Å². The van der Waals surface area contributed by atoms with Crippen LogP contribution in [-0.4, -0.2) is 12.9 Å². The average molecular weight is 219 g/mol. The van der Waals surface area contributed by atoms with E-state index >= 15 is 0 Å². The van der Waals surface area contributed by atoms with Gasteiger partial charge < -0.3 is 0 Å². The highest BCUT2D eigenvalue weighted by molar-refractivity contribution is 9.09. The summed E-state index contributed by atoms with van der Waals surface area (Å²) < 4.78 is 0. The molecule has 0 heterocycles. The van der Waals surface area contributed by atoms with Crippen LogP contribution in [0.15, 0.2) is 0 Å². The van der Waals surface area contributed by atoms with E-state index in [9.17, 15) is 0 Å². The Hall–Kier alpha value is 0.257. The van der Waals surface area contributed by atoms with Gasteiger partial charge in [0.05, 0.1) is 4.83 Å². The highest BCUT2D eigenvalue weighted by atomic mass is 79.9. The molecule has 0 amide bonds. The van der Waals surface area contributed by atoms with E-state index in [1.54, 1.807) is 0 Å². The minimum atomic E-state index is -0.862. The summed E-state index contributed by atoms with van der Waals surface area (Å²) in [6.45, 7) is 7.09. The summed E-state index contributed by atoms with van der Waals surface area (Å²) in [5.74, 6) is 2.68. The van der Waals surface area contributed by atoms with Crippen molar-refractivity contribution < 1.29 is 0 Å². The fraction of sp³-hybridized carbons (Fsp3) is 0.750. The van der Waals surface area contributed by atoms with E-state index in [1.165, 1.54) is 6.04 Å². The molecule has 0 bridgehead atoms. The summed E-state index contributed by atoms with van der Waals surface area (Å²) in [7, 11) is -0.862. The number of terminal acetylenes is 1. The van der Waals surface area contributed by atoms with Gasteiger partial charge in [0.1, 0.15) is 0 Å². The van der Waals surface area contributed by atoms with Gasteiger partial charge in [-0.1, -0.05) is 47.5 Å². The molecule has 0 aromatic heterocycles. The maximum atomic E-state index is 5.22. The molecule has 0 aromatic carbocycles. The molecule has 58 valence electrons. The van der Waals surface area contributed by atoms with Crippen LogP contribution < -0.4 is 0 Å². The topological polar surface area (TPSA) is 0 Å². The Bertz CT molecular complexity index is 129. The van der Waals surface area contributed by atoms with Gasteiger partial charge in [-0.05, 0) is 6.42 Å². The van der Waals surface area contributed by atoms with E-state index in [4.69, 9.17) is 6.42 Å². The number of rotatable bonds is 3. The van der Waals surface area contributed by atoms with Crippen molar-refractivity contribution in [3.8, 4) is 12.3 Å². The first-order valence-electron chi connectivity index (χ1n) is 3.56. The normalized spacial score (nSPS) is 14.3. The summed E-state index contributed by atoms with van der Waals surface area (Å²) >= 11 is 3.42. The van der Waals surface area contributed by atoms with Gasteiger partial charge in [0.2, 0.25) is 0 Å². The maximum Gasteiger partial charge on any atom is 0.0749 e. The first kappa shape index (κ1) is 10.3. The zero-order valence-electron chi connectivity index (χ0n) is 6.95. The van der Waals surface area contributed by atoms with Gasteiger partial charge >= 0.3 is 0 Å². The molecular weight excluding hydrogens is 204 g/mol. The Morgan fingerprint density at radius 1 is 1.50 bits per heavy atom. The van der Waals surface area contributed by atoms with E-state index in [-0.39, 0.29) is 0 Å². The maximum absolute atomic E-state index is 5.22. The smallest absolute Gasteiger partial charge is 0.0749 e.